The number of nitrogen functional groups attached to an aromatic ring is 1. The third-order valence-electron chi connectivity index (χ3n) is 2.95. The highest BCUT2D eigenvalue weighted by molar-refractivity contribution is 9.10. The van der Waals surface area contributed by atoms with Gasteiger partial charge in [-0.05, 0) is 43.7 Å². The highest BCUT2D eigenvalue weighted by Crippen LogP contribution is 2.31. The minimum absolute atomic E-state index is 0.288. The molecule has 0 saturated heterocycles. The van der Waals surface area contributed by atoms with Crippen molar-refractivity contribution in [2.24, 2.45) is 0 Å². The number of hydrogen-bond acceptors (Lipinski definition) is 5. The van der Waals surface area contributed by atoms with E-state index < -0.39 is 0 Å². The number of anilines is 3. The Kier molecular flexibility index (Phi) is 3.35. The SMILES string of the molecule is Cc1cc2c(Nc3ccc(Br)c(C)c3)nc(N)nc2s1. The summed E-state index contributed by atoms with van der Waals surface area (Å²) in [6.45, 7) is 4.10. The summed E-state index contributed by atoms with van der Waals surface area (Å²) in [5.74, 6) is 1.04. The quantitative estimate of drug-likeness (QED) is 0.720. The van der Waals surface area contributed by atoms with Gasteiger partial charge in [-0.2, -0.15) is 4.98 Å². The molecule has 20 heavy (non-hydrogen) atoms. The Morgan fingerprint density at radius 3 is 2.75 bits per heavy atom. The van der Waals surface area contributed by atoms with Crippen molar-refractivity contribution in [1.29, 1.82) is 0 Å². The Bertz CT molecular complexity index is 797. The summed E-state index contributed by atoms with van der Waals surface area (Å²) < 4.78 is 1.08. The van der Waals surface area contributed by atoms with Gasteiger partial charge in [-0.15, -0.1) is 11.3 Å². The maximum absolute atomic E-state index is 5.78. The van der Waals surface area contributed by atoms with Crippen molar-refractivity contribution < 1.29 is 0 Å². The van der Waals surface area contributed by atoms with E-state index in [1.165, 1.54) is 4.88 Å². The predicted molar refractivity (Wildman–Crippen MR) is 88.7 cm³/mol. The summed E-state index contributed by atoms with van der Waals surface area (Å²) in [4.78, 5) is 10.7. The zero-order chi connectivity index (χ0) is 14.3. The molecule has 6 heteroatoms. The molecule has 0 bridgehead atoms. The zero-order valence-corrected chi connectivity index (χ0v) is 13.5. The van der Waals surface area contributed by atoms with Crippen molar-refractivity contribution >= 4 is 54.9 Å². The fourth-order valence-electron chi connectivity index (χ4n) is 2.01. The maximum atomic E-state index is 5.78. The number of fused-ring (bicyclic) bond motifs is 1. The summed E-state index contributed by atoms with van der Waals surface area (Å²) in [6, 6.07) is 8.15. The first-order valence-electron chi connectivity index (χ1n) is 6.10. The van der Waals surface area contributed by atoms with Crippen LogP contribution < -0.4 is 11.1 Å². The first-order valence-corrected chi connectivity index (χ1v) is 7.71. The van der Waals surface area contributed by atoms with Crippen molar-refractivity contribution in [3.8, 4) is 0 Å². The van der Waals surface area contributed by atoms with Crippen LogP contribution >= 0.6 is 27.3 Å². The van der Waals surface area contributed by atoms with Crippen LogP contribution in [0.2, 0.25) is 0 Å². The van der Waals surface area contributed by atoms with Crippen molar-refractivity contribution in [2.75, 3.05) is 11.1 Å². The summed E-state index contributed by atoms with van der Waals surface area (Å²) >= 11 is 5.12. The second-order valence-corrected chi connectivity index (χ2v) is 6.68. The normalized spacial score (nSPS) is 10.9. The molecular formula is C14H13BrN4S. The van der Waals surface area contributed by atoms with Crippen LogP contribution in [0, 0.1) is 13.8 Å². The number of nitrogens with zero attached hydrogens (tertiary/aromatic N) is 2. The van der Waals surface area contributed by atoms with Crippen LogP contribution in [0.25, 0.3) is 10.2 Å². The van der Waals surface area contributed by atoms with E-state index in [4.69, 9.17) is 5.73 Å². The summed E-state index contributed by atoms with van der Waals surface area (Å²) in [7, 11) is 0. The van der Waals surface area contributed by atoms with Crippen molar-refractivity contribution in [1.82, 2.24) is 9.97 Å². The van der Waals surface area contributed by atoms with E-state index in [0.717, 1.165) is 31.8 Å². The average Bonchev–Trinajstić information content (AvgIpc) is 2.74. The number of rotatable bonds is 2. The van der Waals surface area contributed by atoms with Gasteiger partial charge in [0.05, 0.1) is 5.39 Å². The van der Waals surface area contributed by atoms with Gasteiger partial charge in [-0.3, -0.25) is 0 Å². The van der Waals surface area contributed by atoms with Gasteiger partial charge in [0.15, 0.2) is 0 Å². The molecule has 2 aromatic heterocycles. The molecule has 0 radical (unpaired) electrons. The zero-order valence-electron chi connectivity index (χ0n) is 11.1. The molecular weight excluding hydrogens is 336 g/mol. The Labute approximate surface area is 129 Å². The van der Waals surface area contributed by atoms with Crippen LogP contribution in [0.4, 0.5) is 17.5 Å². The van der Waals surface area contributed by atoms with E-state index in [2.05, 4.69) is 50.3 Å². The van der Waals surface area contributed by atoms with E-state index in [0.29, 0.717) is 0 Å². The van der Waals surface area contributed by atoms with Crippen LogP contribution in [0.15, 0.2) is 28.7 Å². The van der Waals surface area contributed by atoms with Gasteiger partial charge in [-0.1, -0.05) is 15.9 Å². The highest BCUT2D eigenvalue weighted by Gasteiger charge is 2.10. The van der Waals surface area contributed by atoms with Crippen molar-refractivity contribution in [3.63, 3.8) is 0 Å². The average molecular weight is 349 g/mol. The number of nitrogens with two attached hydrogens (primary N) is 1. The number of aromatic nitrogens is 2. The summed E-state index contributed by atoms with van der Waals surface area (Å²) in [5.41, 5.74) is 7.92. The first-order chi connectivity index (χ1) is 9.52. The molecule has 0 aliphatic carbocycles. The summed E-state index contributed by atoms with van der Waals surface area (Å²) in [5, 5.41) is 4.33. The maximum Gasteiger partial charge on any atom is 0.223 e. The number of nitrogens with one attached hydrogen (secondary N) is 1. The molecule has 4 nitrogen and oxygen atoms in total. The third-order valence-corrected chi connectivity index (χ3v) is 4.79. The van der Waals surface area contributed by atoms with Crippen LogP contribution in [0.3, 0.4) is 0 Å². The molecule has 3 N–H and O–H groups in total. The van der Waals surface area contributed by atoms with Gasteiger partial charge in [0, 0.05) is 15.0 Å². The van der Waals surface area contributed by atoms with Crippen LogP contribution in [-0.4, -0.2) is 9.97 Å². The lowest BCUT2D eigenvalue weighted by Crippen LogP contribution is -2.00. The fourth-order valence-corrected chi connectivity index (χ4v) is 3.15. The molecule has 0 saturated carbocycles. The van der Waals surface area contributed by atoms with Gasteiger partial charge in [0.25, 0.3) is 0 Å². The van der Waals surface area contributed by atoms with Crippen molar-refractivity contribution in [2.45, 2.75) is 13.8 Å². The van der Waals surface area contributed by atoms with Crippen LogP contribution in [-0.2, 0) is 0 Å². The highest BCUT2D eigenvalue weighted by atomic mass is 79.9. The number of hydrogen-bond donors (Lipinski definition) is 2. The largest absolute Gasteiger partial charge is 0.368 e. The lowest BCUT2D eigenvalue weighted by molar-refractivity contribution is 1.24. The topological polar surface area (TPSA) is 63.8 Å². The number of aryl methyl sites for hydroxylation is 2. The molecule has 0 fully saturated rings. The van der Waals surface area contributed by atoms with E-state index in [1.54, 1.807) is 11.3 Å². The van der Waals surface area contributed by atoms with E-state index in [-0.39, 0.29) is 5.95 Å². The second-order valence-electron chi connectivity index (χ2n) is 4.60. The van der Waals surface area contributed by atoms with Gasteiger partial charge >= 0.3 is 0 Å². The Balaban J connectivity index is 2.07. The monoisotopic (exact) mass is 348 g/mol. The third kappa shape index (κ3) is 2.48. The lowest BCUT2D eigenvalue weighted by atomic mass is 10.2. The van der Waals surface area contributed by atoms with Crippen LogP contribution in [0.1, 0.15) is 10.4 Å². The fraction of sp³-hybridized carbons (Fsp3) is 0.143. The molecule has 0 unspecified atom stereocenters. The minimum Gasteiger partial charge on any atom is -0.368 e. The number of halogens is 1. The Morgan fingerprint density at radius 1 is 1.20 bits per heavy atom. The second kappa shape index (κ2) is 5.03. The Hall–Kier alpha value is -1.66. The Morgan fingerprint density at radius 2 is 2.00 bits per heavy atom. The molecule has 102 valence electrons. The van der Waals surface area contributed by atoms with E-state index in [1.807, 2.05) is 19.1 Å². The molecule has 0 atom stereocenters. The van der Waals surface area contributed by atoms with Gasteiger partial charge in [0.1, 0.15) is 10.6 Å². The van der Waals surface area contributed by atoms with E-state index >= 15 is 0 Å². The molecule has 3 aromatic rings. The molecule has 3 rings (SSSR count). The molecule has 2 heterocycles. The smallest absolute Gasteiger partial charge is 0.223 e. The van der Waals surface area contributed by atoms with Gasteiger partial charge in [0.2, 0.25) is 5.95 Å². The standard InChI is InChI=1S/C14H13BrN4S/c1-7-5-9(3-4-11(7)15)17-12-10-6-8(2)20-13(10)19-14(16)18-12/h3-6H,1-2H3,(H3,16,17,18,19). The van der Waals surface area contributed by atoms with Crippen LogP contribution in [0.5, 0.6) is 0 Å². The lowest BCUT2D eigenvalue weighted by Gasteiger charge is -2.09. The van der Waals surface area contributed by atoms with Crippen molar-refractivity contribution in [3.05, 3.63) is 39.2 Å². The van der Waals surface area contributed by atoms with E-state index in [9.17, 15) is 0 Å². The number of benzene rings is 1. The summed E-state index contributed by atoms with van der Waals surface area (Å²) in [6.07, 6.45) is 0. The molecule has 0 amide bonds. The first kappa shape index (κ1) is 13.3. The molecule has 1 aromatic carbocycles. The molecule has 0 aliphatic rings. The minimum atomic E-state index is 0.288. The predicted octanol–water partition coefficient (Wildman–Crippen LogP) is 4.40. The molecule has 0 spiro atoms. The van der Waals surface area contributed by atoms with Gasteiger partial charge in [-0.25, -0.2) is 4.98 Å². The number of thiophene rings is 1. The molecule has 0 aliphatic heterocycles. The van der Waals surface area contributed by atoms with Gasteiger partial charge < -0.3 is 11.1 Å².